The first-order valence-electron chi connectivity index (χ1n) is 11.6. The predicted molar refractivity (Wildman–Crippen MR) is 132 cm³/mol. The fourth-order valence-corrected chi connectivity index (χ4v) is 5.92. The minimum atomic E-state index is -4.07. The van der Waals surface area contributed by atoms with Crippen LogP contribution in [0, 0.1) is 5.82 Å². The predicted octanol–water partition coefficient (Wildman–Crippen LogP) is 4.62. The molecule has 1 aliphatic rings. The smallest absolute Gasteiger partial charge is 0.277 e. The zero-order valence-electron chi connectivity index (χ0n) is 19.4. The third-order valence-corrected chi connectivity index (χ3v) is 7.90. The molecule has 9 heteroatoms. The number of carbonyl (C=O) groups excluding carboxylic acids is 1. The number of sulfonamides is 1. The van der Waals surface area contributed by atoms with Crippen LogP contribution >= 0.6 is 0 Å². The molecule has 1 N–H and O–H groups in total. The number of nitrogens with zero attached hydrogens (tertiary/aromatic N) is 1. The Balaban J connectivity index is 1.24. The maximum Gasteiger partial charge on any atom is 0.277 e. The van der Waals surface area contributed by atoms with Gasteiger partial charge in [0.2, 0.25) is 11.0 Å². The van der Waals surface area contributed by atoms with Crippen LogP contribution in [0.4, 0.5) is 4.39 Å². The fraction of sp³-hybridized carbons (Fsp3) is 0.222. The van der Waals surface area contributed by atoms with Crippen LogP contribution in [0.1, 0.15) is 24.0 Å². The first-order chi connectivity index (χ1) is 17.4. The SMILES string of the molecule is O=C(NCc1cccc(OCc2ccccc2)c1)C1CCCN1S(=O)(=O)c1cc2cc(F)ccc2o1. The van der Waals surface area contributed by atoms with Gasteiger partial charge in [0.05, 0.1) is 0 Å². The maximum atomic E-state index is 13.5. The zero-order valence-corrected chi connectivity index (χ0v) is 20.2. The lowest BCUT2D eigenvalue weighted by molar-refractivity contribution is -0.124. The van der Waals surface area contributed by atoms with Crippen molar-refractivity contribution in [1.82, 2.24) is 9.62 Å². The first kappa shape index (κ1) is 24.0. The molecule has 0 saturated carbocycles. The summed E-state index contributed by atoms with van der Waals surface area (Å²) in [7, 11) is -4.07. The van der Waals surface area contributed by atoms with E-state index in [0.29, 0.717) is 30.6 Å². The van der Waals surface area contributed by atoms with Crippen LogP contribution in [-0.2, 0) is 28.0 Å². The summed E-state index contributed by atoms with van der Waals surface area (Å²) in [5, 5.41) is 2.90. The van der Waals surface area contributed by atoms with E-state index in [1.54, 1.807) is 0 Å². The van der Waals surface area contributed by atoms with Crippen molar-refractivity contribution in [2.24, 2.45) is 0 Å². The molecule has 186 valence electrons. The number of hydrogen-bond donors (Lipinski definition) is 1. The molecule has 5 rings (SSSR count). The Morgan fingerprint density at radius 2 is 1.83 bits per heavy atom. The second-order valence-electron chi connectivity index (χ2n) is 8.66. The quantitative estimate of drug-likeness (QED) is 0.375. The molecule has 0 radical (unpaired) electrons. The third kappa shape index (κ3) is 5.12. The summed E-state index contributed by atoms with van der Waals surface area (Å²) >= 11 is 0. The van der Waals surface area contributed by atoms with Gasteiger partial charge < -0.3 is 14.5 Å². The summed E-state index contributed by atoms with van der Waals surface area (Å²) in [6.45, 7) is 0.865. The van der Waals surface area contributed by atoms with Gasteiger partial charge in [-0.05, 0) is 54.3 Å². The number of ether oxygens (including phenoxy) is 1. The molecular formula is C27H25FN2O5S. The zero-order chi connectivity index (χ0) is 25.1. The molecule has 7 nitrogen and oxygen atoms in total. The monoisotopic (exact) mass is 508 g/mol. The van der Waals surface area contributed by atoms with Gasteiger partial charge in [0.15, 0.2) is 0 Å². The van der Waals surface area contributed by atoms with E-state index in [1.807, 2.05) is 54.6 Å². The number of hydrogen-bond acceptors (Lipinski definition) is 5. The van der Waals surface area contributed by atoms with Crippen molar-refractivity contribution in [3.8, 4) is 5.75 Å². The van der Waals surface area contributed by atoms with Gasteiger partial charge in [-0.15, -0.1) is 0 Å². The summed E-state index contributed by atoms with van der Waals surface area (Å²) in [6, 6.07) is 21.5. The number of nitrogens with one attached hydrogen (secondary N) is 1. The lowest BCUT2D eigenvalue weighted by Gasteiger charge is -2.22. The van der Waals surface area contributed by atoms with Crippen molar-refractivity contribution in [3.63, 3.8) is 0 Å². The maximum absolute atomic E-state index is 13.5. The van der Waals surface area contributed by atoms with E-state index in [2.05, 4.69) is 5.32 Å². The average molecular weight is 509 g/mol. The highest BCUT2D eigenvalue weighted by Crippen LogP contribution is 2.30. The molecule has 0 spiro atoms. The number of carbonyl (C=O) groups is 1. The topological polar surface area (TPSA) is 88.9 Å². The van der Waals surface area contributed by atoms with Crippen molar-refractivity contribution < 1.29 is 26.8 Å². The first-order valence-corrected chi connectivity index (χ1v) is 13.1. The van der Waals surface area contributed by atoms with Crippen molar-refractivity contribution in [1.29, 1.82) is 0 Å². The molecule has 4 aromatic rings. The standard InChI is InChI=1S/C27H25FN2O5S/c28-22-11-12-25-21(15-22)16-26(35-25)36(32,33)30-13-5-10-24(30)27(31)29-17-20-8-4-9-23(14-20)34-18-19-6-2-1-3-7-19/h1-4,6-9,11-12,14-16,24H,5,10,13,17-18H2,(H,29,31). The van der Waals surface area contributed by atoms with E-state index in [-0.39, 0.29) is 29.7 Å². The van der Waals surface area contributed by atoms with Crippen molar-refractivity contribution in [2.45, 2.75) is 37.1 Å². The van der Waals surface area contributed by atoms with Gasteiger partial charge in [-0.2, -0.15) is 4.31 Å². The Morgan fingerprint density at radius 3 is 2.67 bits per heavy atom. The van der Waals surface area contributed by atoms with Gasteiger partial charge in [0, 0.05) is 24.5 Å². The highest BCUT2D eigenvalue weighted by atomic mass is 32.2. The molecule has 1 atom stereocenters. The summed E-state index contributed by atoms with van der Waals surface area (Å²) in [6.07, 6.45) is 0.954. The Bertz CT molecular complexity index is 1490. The van der Waals surface area contributed by atoms with E-state index in [1.165, 1.54) is 24.3 Å². The van der Waals surface area contributed by atoms with E-state index >= 15 is 0 Å². The second-order valence-corrected chi connectivity index (χ2v) is 10.5. The Hall–Kier alpha value is -3.69. The minimum Gasteiger partial charge on any atom is -0.489 e. The van der Waals surface area contributed by atoms with Crippen LogP contribution in [0.25, 0.3) is 11.0 Å². The molecule has 1 aliphatic heterocycles. The second kappa shape index (κ2) is 10.1. The lowest BCUT2D eigenvalue weighted by Crippen LogP contribution is -2.45. The van der Waals surface area contributed by atoms with Crippen LogP contribution < -0.4 is 10.1 Å². The summed E-state index contributed by atoms with van der Waals surface area (Å²) in [5.74, 6) is -0.189. The molecule has 1 fully saturated rings. The van der Waals surface area contributed by atoms with Crippen LogP contribution in [-0.4, -0.2) is 31.2 Å². The molecule has 0 bridgehead atoms. The highest BCUT2D eigenvalue weighted by molar-refractivity contribution is 7.89. The molecule has 1 amide bonds. The number of amides is 1. The molecule has 3 aromatic carbocycles. The van der Waals surface area contributed by atoms with Gasteiger partial charge in [-0.25, -0.2) is 12.8 Å². The molecule has 1 saturated heterocycles. The highest BCUT2D eigenvalue weighted by Gasteiger charge is 2.41. The summed E-state index contributed by atoms with van der Waals surface area (Å²) < 4.78 is 52.5. The Morgan fingerprint density at radius 1 is 1.03 bits per heavy atom. The third-order valence-electron chi connectivity index (χ3n) is 6.14. The Labute approximate surface area is 208 Å². The molecule has 1 aromatic heterocycles. The van der Waals surface area contributed by atoms with E-state index in [4.69, 9.17) is 9.15 Å². The number of furan rings is 1. The fourth-order valence-electron chi connectivity index (χ4n) is 4.32. The number of rotatable bonds is 8. The molecular weight excluding hydrogens is 483 g/mol. The van der Waals surface area contributed by atoms with Gasteiger partial charge in [-0.3, -0.25) is 4.79 Å². The number of halogens is 1. The minimum absolute atomic E-state index is 0.203. The van der Waals surface area contributed by atoms with Crippen LogP contribution in [0.15, 0.2) is 88.4 Å². The number of benzene rings is 3. The average Bonchev–Trinajstić information content (AvgIpc) is 3.55. The normalized spacial score (nSPS) is 16.3. The van der Waals surface area contributed by atoms with Crippen LogP contribution in [0.2, 0.25) is 0 Å². The van der Waals surface area contributed by atoms with Crippen molar-refractivity contribution >= 4 is 26.9 Å². The molecule has 2 heterocycles. The van der Waals surface area contributed by atoms with Gasteiger partial charge in [0.1, 0.15) is 29.8 Å². The van der Waals surface area contributed by atoms with Crippen LogP contribution in [0.3, 0.4) is 0 Å². The van der Waals surface area contributed by atoms with Gasteiger partial charge in [0.25, 0.3) is 10.0 Å². The summed E-state index contributed by atoms with van der Waals surface area (Å²) in [5.41, 5.74) is 2.15. The van der Waals surface area contributed by atoms with Crippen molar-refractivity contribution in [3.05, 3.63) is 95.8 Å². The van der Waals surface area contributed by atoms with E-state index in [9.17, 15) is 17.6 Å². The van der Waals surface area contributed by atoms with Gasteiger partial charge in [-0.1, -0.05) is 42.5 Å². The van der Waals surface area contributed by atoms with Gasteiger partial charge >= 0.3 is 0 Å². The molecule has 0 aliphatic carbocycles. The van der Waals surface area contributed by atoms with E-state index in [0.717, 1.165) is 15.4 Å². The van der Waals surface area contributed by atoms with Crippen LogP contribution in [0.5, 0.6) is 5.75 Å². The van der Waals surface area contributed by atoms with Crippen molar-refractivity contribution in [2.75, 3.05) is 6.54 Å². The Kier molecular flexibility index (Phi) is 6.75. The summed E-state index contributed by atoms with van der Waals surface area (Å²) in [4.78, 5) is 13.0. The lowest BCUT2D eigenvalue weighted by atomic mass is 10.2. The molecule has 1 unspecified atom stereocenters. The van der Waals surface area contributed by atoms with E-state index < -0.39 is 21.9 Å². The molecule has 36 heavy (non-hydrogen) atoms. The number of fused-ring (bicyclic) bond motifs is 1. The largest absolute Gasteiger partial charge is 0.489 e.